The molecule has 6 unspecified atom stereocenters. The molecule has 0 aromatic carbocycles. The summed E-state index contributed by atoms with van der Waals surface area (Å²) in [5, 5.41) is 14.6. The van der Waals surface area contributed by atoms with E-state index in [1.54, 1.807) is 12.7 Å². The Morgan fingerprint density at radius 2 is 2.00 bits per heavy atom. The molecule has 122 valence electrons. The molecule has 3 saturated carbocycles. The Balaban J connectivity index is 1.58. The van der Waals surface area contributed by atoms with Gasteiger partial charge in [0.25, 0.3) is 0 Å². The van der Waals surface area contributed by atoms with E-state index in [9.17, 15) is 5.11 Å². The van der Waals surface area contributed by atoms with Crippen molar-refractivity contribution in [2.75, 3.05) is 7.11 Å². The molecule has 0 aromatic rings. The summed E-state index contributed by atoms with van der Waals surface area (Å²) in [6.45, 7) is 2.36. The van der Waals surface area contributed by atoms with Gasteiger partial charge in [0.05, 0.1) is 11.8 Å². The van der Waals surface area contributed by atoms with Crippen molar-refractivity contribution in [3.05, 3.63) is 11.6 Å². The summed E-state index contributed by atoms with van der Waals surface area (Å²) in [5.41, 5.74) is 2.97. The summed E-state index contributed by atoms with van der Waals surface area (Å²) >= 11 is 0. The van der Waals surface area contributed by atoms with Crippen molar-refractivity contribution in [1.82, 2.24) is 0 Å². The van der Waals surface area contributed by atoms with Gasteiger partial charge in [0.2, 0.25) is 0 Å². The van der Waals surface area contributed by atoms with Gasteiger partial charge in [-0.1, -0.05) is 17.7 Å². The van der Waals surface area contributed by atoms with Crippen LogP contribution in [-0.4, -0.2) is 24.0 Å². The number of nitrogens with zero attached hydrogens (tertiary/aromatic N) is 1. The molecule has 0 aromatic heterocycles. The quantitative estimate of drug-likeness (QED) is 0.746. The first-order valence-corrected chi connectivity index (χ1v) is 9.12. The van der Waals surface area contributed by atoms with Gasteiger partial charge in [0.1, 0.15) is 7.11 Å². The first-order chi connectivity index (χ1) is 10.6. The van der Waals surface area contributed by atoms with E-state index in [1.165, 1.54) is 38.5 Å². The number of aliphatic hydroxyl groups excluding tert-OH is 1. The number of aliphatic hydroxyl groups is 1. The van der Waals surface area contributed by atoms with Crippen LogP contribution in [0.5, 0.6) is 0 Å². The third-order valence-corrected chi connectivity index (χ3v) is 7.47. The predicted molar refractivity (Wildman–Crippen MR) is 87.5 cm³/mol. The van der Waals surface area contributed by atoms with Gasteiger partial charge in [-0.15, -0.1) is 0 Å². The topological polar surface area (TPSA) is 41.8 Å². The van der Waals surface area contributed by atoms with Crippen LogP contribution in [0.4, 0.5) is 0 Å². The summed E-state index contributed by atoms with van der Waals surface area (Å²) in [6, 6.07) is 0. The Bertz CT molecular complexity index is 512. The maximum absolute atomic E-state index is 10.5. The first kappa shape index (κ1) is 14.7. The second-order valence-electron chi connectivity index (χ2n) is 8.24. The molecule has 0 heterocycles. The van der Waals surface area contributed by atoms with E-state index in [0.717, 1.165) is 42.2 Å². The Hall–Kier alpha value is -0.830. The lowest BCUT2D eigenvalue weighted by atomic mass is 9.52. The van der Waals surface area contributed by atoms with Crippen LogP contribution in [0.1, 0.15) is 58.3 Å². The molecule has 0 amide bonds. The van der Waals surface area contributed by atoms with E-state index >= 15 is 0 Å². The smallest absolute Gasteiger partial charge is 0.106 e. The average Bonchev–Trinajstić information content (AvgIpc) is 2.83. The van der Waals surface area contributed by atoms with E-state index < -0.39 is 0 Å². The molecule has 6 atom stereocenters. The minimum Gasteiger partial charge on any atom is -0.399 e. The van der Waals surface area contributed by atoms with Crippen molar-refractivity contribution in [1.29, 1.82) is 0 Å². The SMILES string of the molecule is CO/N=C1/C=C2CCC3C(CCC4(C)C(O)CCC34)C2CC1. The Morgan fingerprint density at radius 1 is 1.14 bits per heavy atom. The van der Waals surface area contributed by atoms with Gasteiger partial charge in [-0.2, -0.15) is 0 Å². The fraction of sp³-hybridized carbons (Fsp3) is 0.842. The summed E-state index contributed by atoms with van der Waals surface area (Å²) in [4.78, 5) is 4.97. The minimum atomic E-state index is -0.0535. The highest BCUT2D eigenvalue weighted by atomic mass is 16.6. The highest BCUT2D eigenvalue weighted by Gasteiger charge is 2.55. The van der Waals surface area contributed by atoms with Crippen LogP contribution in [0.3, 0.4) is 0 Å². The zero-order valence-corrected chi connectivity index (χ0v) is 13.9. The monoisotopic (exact) mass is 303 g/mol. The molecular weight excluding hydrogens is 274 g/mol. The lowest BCUT2D eigenvalue weighted by Gasteiger charge is -2.53. The van der Waals surface area contributed by atoms with Gasteiger partial charge in [0, 0.05) is 0 Å². The van der Waals surface area contributed by atoms with E-state index in [-0.39, 0.29) is 11.5 Å². The molecule has 4 aliphatic rings. The molecule has 0 spiro atoms. The predicted octanol–water partition coefficient (Wildman–Crippen LogP) is 3.92. The average molecular weight is 303 g/mol. The van der Waals surface area contributed by atoms with Crippen LogP contribution in [0, 0.1) is 29.1 Å². The van der Waals surface area contributed by atoms with Gasteiger partial charge in [-0.05, 0) is 86.5 Å². The molecule has 3 fully saturated rings. The van der Waals surface area contributed by atoms with Crippen molar-refractivity contribution >= 4 is 5.71 Å². The molecule has 1 N–H and O–H groups in total. The number of rotatable bonds is 1. The van der Waals surface area contributed by atoms with Gasteiger partial charge in [-0.3, -0.25) is 0 Å². The van der Waals surface area contributed by atoms with Crippen LogP contribution in [0.15, 0.2) is 16.8 Å². The summed E-state index contributed by atoms with van der Waals surface area (Å²) in [6.07, 6.45) is 12.0. The fourth-order valence-electron chi connectivity index (χ4n) is 6.36. The van der Waals surface area contributed by atoms with Crippen LogP contribution >= 0.6 is 0 Å². The van der Waals surface area contributed by atoms with Crippen LogP contribution < -0.4 is 0 Å². The molecular formula is C19H29NO2. The summed E-state index contributed by atoms with van der Waals surface area (Å²) in [5.74, 6) is 3.24. The second-order valence-corrected chi connectivity index (χ2v) is 8.24. The second kappa shape index (κ2) is 5.36. The molecule has 0 radical (unpaired) electrons. The van der Waals surface area contributed by atoms with Gasteiger partial charge >= 0.3 is 0 Å². The molecule has 22 heavy (non-hydrogen) atoms. The lowest BCUT2D eigenvalue weighted by Crippen LogP contribution is -2.47. The minimum absolute atomic E-state index is 0.0535. The lowest BCUT2D eigenvalue weighted by molar-refractivity contribution is -0.0526. The molecule has 4 aliphatic carbocycles. The third kappa shape index (κ3) is 2.08. The van der Waals surface area contributed by atoms with E-state index in [2.05, 4.69) is 18.2 Å². The van der Waals surface area contributed by atoms with Gasteiger partial charge in [-0.25, -0.2) is 0 Å². The van der Waals surface area contributed by atoms with E-state index in [0.29, 0.717) is 0 Å². The number of fused-ring (bicyclic) bond motifs is 5. The normalized spacial score (nSPS) is 49.1. The standard InChI is InChI=1S/C19H29NO2/c1-19-10-9-15-14-6-4-13(20-22-2)11-12(14)3-5-16(15)17(19)7-8-18(19)21/h11,14-18,21H,3-10H2,1-2H3/b20-13+. The highest BCUT2D eigenvalue weighted by Crippen LogP contribution is 2.61. The Morgan fingerprint density at radius 3 is 2.82 bits per heavy atom. The largest absolute Gasteiger partial charge is 0.399 e. The number of hydrogen-bond donors (Lipinski definition) is 1. The zero-order valence-electron chi connectivity index (χ0n) is 13.9. The molecule has 0 saturated heterocycles. The molecule has 3 heteroatoms. The Labute approximate surface area is 133 Å². The van der Waals surface area contributed by atoms with Crippen LogP contribution in [0.2, 0.25) is 0 Å². The van der Waals surface area contributed by atoms with Gasteiger partial charge < -0.3 is 9.94 Å². The highest BCUT2D eigenvalue weighted by molar-refractivity contribution is 5.96. The third-order valence-electron chi connectivity index (χ3n) is 7.47. The molecule has 4 rings (SSSR count). The maximum atomic E-state index is 10.5. The van der Waals surface area contributed by atoms with E-state index in [1.807, 2.05) is 0 Å². The molecule has 3 nitrogen and oxygen atoms in total. The van der Waals surface area contributed by atoms with Crippen molar-refractivity contribution in [3.63, 3.8) is 0 Å². The van der Waals surface area contributed by atoms with Crippen molar-refractivity contribution in [2.24, 2.45) is 34.2 Å². The molecule has 0 aliphatic heterocycles. The van der Waals surface area contributed by atoms with E-state index in [4.69, 9.17) is 4.84 Å². The number of oxime groups is 1. The van der Waals surface area contributed by atoms with Crippen molar-refractivity contribution < 1.29 is 9.94 Å². The number of hydrogen-bond acceptors (Lipinski definition) is 3. The van der Waals surface area contributed by atoms with Crippen LogP contribution in [0.25, 0.3) is 0 Å². The first-order valence-electron chi connectivity index (χ1n) is 9.12. The fourth-order valence-corrected chi connectivity index (χ4v) is 6.36. The van der Waals surface area contributed by atoms with Crippen molar-refractivity contribution in [3.8, 4) is 0 Å². The summed E-state index contributed by atoms with van der Waals surface area (Å²) in [7, 11) is 1.64. The summed E-state index contributed by atoms with van der Waals surface area (Å²) < 4.78 is 0. The number of allylic oxidation sites excluding steroid dienone is 2. The zero-order chi connectivity index (χ0) is 15.3. The van der Waals surface area contributed by atoms with Crippen LogP contribution in [-0.2, 0) is 4.84 Å². The maximum Gasteiger partial charge on any atom is 0.106 e. The van der Waals surface area contributed by atoms with Gasteiger partial charge in [0.15, 0.2) is 0 Å². The molecule has 0 bridgehead atoms. The Kier molecular flexibility index (Phi) is 3.60. The van der Waals surface area contributed by atoms with Crippen molar-refractivity contribution in [2.45, 2.75) is 64.4 Å².